The molecule has 0 amide bonds. The number of carbonyl (C=O) groups excluding carboxylic acids is 4. The van der Waals surface area contributed by atoms with E-state index in [-0.39, 0.29) is 16.6 Å². The third-order valence-electron chi connectivity index (χ3n) is 8.26. The largest absolute Gasteiger partial charge is 0.504 e. The van der Waals surface area contributed by atoms with Crippen molar-refractivity contribution < 1.29 is 39.6 Å². The number of nitrogens with one attached hydrogen (secondary N) is 2. The van der Waals surface area contributed by atoms with Gasteiger partial charge in [-0.25, -0.2) is 0 Å². The minimum absolute atomic E-state index is 0.119. The van der Waals surface area contributed by atoms with E-state index in [4.69, 9.17) is 0 Å². The van der Waals surface area contributed by atoms with Crippen LogP contribution in [0.2, 0.25) is 0 Å². The summed E-state index contributed by atoms with van der Waals surface area (Å²) in [5.41, 5.74) is 4.89. The van der Waals surface area contributed by atoms with E-state index in [2.05, 4.69) is 30.7 Å². The van der Waals surface area contributed by atoms with Crippen LogP contribution in [-0.2, 0) is 24.6 Å². The molecule has 2 heterocycles. The van der Waals surface area contributed by atoms with Gasteiger partial charge in [0.15, 0.2) is 23.0 Å². The number of carbonyl (C=O) groups is 4. The van der Waals surface area contributed by atoms with E-state index in [1.807, 2.05) is 60.7 Å². The zero-order valence-electron chi connectivity index (χ0n) is 26.1. The maximum Gasteiger partial charge on any atom is 0.231 e. The maximum absolute atomic E-state index is 12.3. The molecule has 0 bridgehead atoms. The van der Waals surface area contributed by atoms with Crippen molar-refractivity contribution in [1.82, 2.24) is 9.97 Å². The van der Waals surface area contributed by atoms with Gasteiger partial charge in [-0.15, -0.1) is 0 Å². The second-order valence-corrected chi connectivity index (χ2v) is 12.4. The smallest absolute Gasteiger partial charge is 0.231 e. The van der Waals surface area contributed by atoms with E-state index in [1.165, 1.54) is 0 Å². The Labute approximate surface area is 273 Å². The Hall–Kier alpha value is -6.42. The lowest BCUT2D eigenvalue weighted by Gasteiger charge is -2.20. The third kappa shape index (κ3) is 5.28. The van der Waals surface area contributed by atoms with Crippen LogP contribution in [0.5, 0.6) is 0 Å². The van der Waals surface area contributed by atoms with Crippen molar-refractivity contribution in [3.8, 4) is 11.1 Å². The van der Waals surface area contributed by atoms with E-state index < -0.39 is 46.2 Å². The van der Waals surface area contributed by atoms with Crippen LogP contribution in [0.15, 0.2) is 114 Å². The van der Waals surface area contributed by atoms with Gasteiger partial charge in [0.05, 0.1) is 16.7 Å². The number of ketones is 4. The Morgan fingerprint density at radius 1 is 0.542 bits per heavy atom. The van der Waals surface area contributed by atoms with Gasteiger partial charge in [-0.2, -0.15) is 0 Å². The Balaban J connectivity index is 0.000000168. The summed E-state index contributed by atoms with van der Waals surface area (Å²) in [5.74, 6) is -5.74. The Kier molecular flexibility index (Phi) is 7.72. The van der Waals surface area contributed by atoms with Crippen molar-refractivity contribution in [2.24, 2.45) is 0 Å². The van der Waals surface area contributed by atoms with Gasteiger partial charge < -0.3 is 30.4 Å². The van der Waals surface area contributed by atoms with Crippen molar-refractivity contribution in [1.29, 1.82) is 0 Å². The van der Waals surface area contributed by atoms with Gasteiger partial charge in [-0.1, -0.05) is 87.5 Å². The van der Waals surface area contributed by atoms with Crippen molar-refractivity contribution in [2.45, 2.75) is 26.2 Å². The van der Waals surface area contributed by atoms with Crippen LogP contribution in [0.4, 0.5) is 0 Å². The highest BCUT2D eigenvalue weighted by molar-refractivity contribution is 6.39. The molecule has 6 N–H and O–H groups in total. The Morgan fingerprint density at radius 3 is 1.54 bits per heavy atom. The summed E-state index contributed by atoms with van der Waals surface area (Å²) in [6, 6.07) is 21.0. The average Bonchev–Trinajstić information content (AvgIpc) is 3.68. The van der Waals surface area contributed by atoms with Gasteiger partial charge >= 0.3 is 0 Å². The number of hydrogen-bond donors (Lipinski definition) is 6. The molecule has 0 spiro atoms. The standard InChI is InChI=1S/C20H13NO4.C18H17NO4/c22-15-9-16(23)20(25)17(19(15)24)14-10-21-18-12(7-4-8-13(14)18)11-5-2-1-3-6-11;1-18(2,3)11-6-4-5-9-10(8-19-15(9)11)14-16(22)12(20)7-13(21)17(14)23/h1-10,21-22,25H;4-8,19-20,23H,1-3H3. The highest BCUT2D eigenvalue weighted by Crippen LogP contribution is 2.37. The zero-order chi connectivity index (χ0) is 34.5. The number of aromatic nitrogens is 2. The van der Waals surface area contributed by atoms with E-state index in [9.17, 15) is 39.6 Å². The molecule has 10 nitrogen and oxygen atoms in total. The molecule has 0 unspecified atom stereocenters. The third-order valence-corrected chi connectivity index (χ3v) is 8.26. The number of H-pyrrole nitrogens is 2. The minimum atomic E-state index is -0.791. The lowest BCUT2D eigenvalue weighted by molar-refractivity contribution is -0.117. The lowest BCUT2D eigenvalue weighted by Crippen LogP contribution is -2.18. The summed E-state index contributed by atoms with van der Waals surface area (Å²) in [7, 11) is 0. The summed E-state index contributed by atoms with van der Waals surface area (Å²) in [4.78, 5) is 54.2. The number of aliphatic hydroxyl groups excluding tert-OH is 4. The molecule has 0 fully saturated rings. The molecule has 0 atom stereocenters. The molecule has 240 valence electrons. The maximum atomic E-state index is 12.3. The summed E-state index contributed by atoms with van der Waals surface area (Å²) < 4.78 is 0. The molecule has 2 aromatic heterocycles. The molecule has 3 aromatic carbocycles. The Bertz CT molecular complexity index is 2320. The molecule has 0 radical (unpaired) electrons. The van der Waals surface area contributed by atoms with Crippen molar-refractivity contribution in [3.05, 3.63) is 131 Å². The van der Waals surface area contributed by atoms with Crippen LogP contribution in [-0.4, -0.2) is 53.5 Å². The number of para-hydroxylation sites is 2. The first-order valence-electron chi connectivity index (χ1n) is 14.9. The molecular formula is C38H30N2O8. The fourth-order valence-electron chi connectivity index (χ4n) is 5.94. The minimum Gasteiger partial charge on any atom is -0.504 e. The predicted molar refractivity (Wildman–Crippen MR) is 181 cm³/mol. The van der Waals surface area contributed by atoms with E-state index in [0.29, 0.717) is 16.5 Å². The molecule has 0 saturated heterocycles. The van der Waals surface area contributed by atoms with E-state index >= 15 is 0 Å². The Morgan fingerprint density at radius 2 is 1.02 bits per heavy atom. The fourth-order valence-corrected chi connectivity index (χ4v) is 5.94. The van der Waals surface area contributed by atoms with Crippen LogP contribution in [0.3, 0.4) is 0 Å². The topological polar surface area (TPSA) is 181 Å². The zero-order valence-corrected chi connectivity index (χ0v) is 26.1. The lowest BCUT2D eigenvalue weighted by atomic mass is 9.85. The van der Waals surface area contributed by atoms with Crippen LogP contribution in [0.1, 0.15) is 37.5 Å². The summed E-state index contributed by atoms with van der Waals surface area (Å²) in [6.45, 7) is 6.22. The molecular weight excluding hydrogens is 612 g/mol. The number of aromatic amines is 2. The van der Waals surface area contributed by atoms with Crippen molar-refractivity contribution in [2.75, 3.05) is 0 Å². The van der Waals surface area contributed by atoms with Crippen LogP contribution >= 0.6 is 0 Å². The summed E-state index contributed by atoms with van der Waals surface area (Å²) in [6.07, 6.45) is 4.60. The summed E-state index contributed by atoms with van der Waals surface area (Å²) >= 11 is 0. The summed E-state index contributed by atoms with van der Waals surface area (Å²) in [5, 5.41) is 40.8. The van der Waals surface area contributed by atoms with E-state index in [0.717, 1.165) is 45.3 Å². The number of benzene rings is 3. The van der Waals surface area contributed by atoms with Crippen molar-refractivity contribution in [3.63, 3.8) is 0 Å². The predicted octanol–water partition coefficient (Wildman–Crippen LogP) is 7.03. The number of allylic oxidation sites excluding steroid dienone is 4. The molecule has 5 aromatic rings. The molecule has 10 heteroatoms. The number of fused-ring (bicyclic) bond motifs is 2. The normalized spacial score (nSPS) is 15.6. The quantitative estimate of drug-likeness (QED) is 0.114. The fraction of sp³-hybridized carbons (Fsp3) is 0.105. The number of rotatable bonds is 3. The van der Waals surface area contributed by atoms with Gasteiger partial charge in [0.2, 0.25) is 23.1 Å². The van der Waals surface area contributed by atoms with Crippen LogP contribution in [0, 0.1) is 0 Å². The van der Waals surface area contributed by atoms with Crippen LogP contribution in [0.25, 0.3) is 44.1 Å². The van der Waals surface area contributed by atoms with Crippen molar-refractivity contribution >= 4 is 56.1 Å². The molecule has 2 aliphatic carbocycles. The van der Waals surface area contributed by atoms with Gasteiger partial charge in [0.1, 0.15) is 0 Å². The number of Topliss-reactive ketones (excluding diaryl/α,β-unsaturated/α-hetero) is 2. The first kappa shape index (κ1) is 31.6. The van der Waals surface area contributed by atoms with Gasteiger partial charge in [0.25, 0.3) is 0 Å². The molecule has 48 heavy (non-hydrogen) atoms. The monoisotopic (exact) mass is 642 g/mol. The highest BCUT2D eigenvalue weighted by Gasteiger charge is 2.33. The molecule has 0 aliphatic heterocycles. The SMILES string of the molecule is CC(C)(C)c1cccc2c(C3=C(O)C(=O)C=C(O)C3=O)c[nH]c12.O=C1C=C(O)C(=O)C(c2c[nH]c3c(-c4ccccc4)cccc23)=C1O. The number of hydrogen-bond acceptors (Lipinski definition) is 8. The second-order valence-electron chi connectivity index (χ2n) is 12.4. The second kappa shape index (κ2) is 11.7. The van der Waals surface area contributed by atoms with Gasteiger partial charge in [-0.3, -0.25) is 19.2 Å². The molecule has 7 rings (SSSR count). The number of aliphatic hydroxyl groups is 4. The van der Waals surface area contributed by atoms with Gasteiger partial charge in [0, 0.05) is 57.5 Å². The van der Waals surface area contributed by atoms with Crippen LogP contribution < -0.4 is 0 Å². The van der Waals surface area contributed by atoms with E-state index in [1.54, 1.807) is 18.5 Å². The first-order valence-corrected chi connectivity index (χ1v) is 14.9. The molecule has 2 aliphatic rings. The first-order chi connectivity index (χ1) is 22.8. The highest BCUT2D eigenvalue weighted by atomic mass is 16.3. The average molecular weight is 643 g/mol. The molecule has 0 saturated carbocycles. The van der Waals surface area contributed by atoms with Gasteiger partial charge in [-0.05, 0) is 16.5 Å².